The molecule has 0 spiro atoms. The summed E-state index contributed by atoms with van der Waals surface area (Å²) in [6.45, 7) is 9.73. The number of nitrogens with zero attached hydrogens (tertiary/aromatic N) is 4. The molecular formula is C59H76F4N6O4. The van der Waals surface area contributed by atoms with Gasteiger partial charge in [0, 0.05) is 76.1 Å². The zero-order valence-corrected chi connectivity index (χ0v) is 44.0. The van der Waals surface area contributed by atoms with Crippen LogP contribution in [0.4, 0.5) is 17.6 Å². The molecule has 0 bridgehead atoms. The topological polar surface area (TPSA) is 105 Å². The Kier molecular flexibility index (Phi) is 18.6. The van der Waals surface area contributed by atoms with E-state index in [1.807, 2.05) is 69.2 Å². The lowest BCUT2D eigenvalue weighted by Crippen LogP contribution is -2.42. The molecule has 2 aliphatic carbocycles. The van der Waals surface area contributed by atoms with Crippen molar-refractivity contribution in [2.45, 2.75) is 133 Å². The van der Waals surface area contributed by atoms with E-state index in [2.05, 4.69) is 51.6 Å². The molecular weight excluding hydrogens is 933 g/mol. The normalized spacial score (nSPS) is 23.5. The molecule has 10 nitrogen and oxygen atoms in total. The number of halogens is 4. The van der Waals surface area contributed by atoms with Gasteiger partial charge in [0.15, 0.2) is 0 Å². The second kappa shape index (κ2) is 24.6. The number of benzene rings is 4. The molecule has 0 aromatic heterocycles. The number of likely N-dealkylation sites (tertiary alicyclic amines) is 2. The van der Waals surface area contributed by atoms with E-state index in [9.17, 15) is 36.7 Å². The number of hydrogen-bond acceptors (Lipinski definition) is 6. The van der Waals surface area contributed by atoms with Gasteiger partial charge in [0.25, 0.3) is 0 Å². The molecule has 2 unspecified atom stereocenters. The summed E-state index contributed by atoms with van der Waals surface area (Å²) in [7, 11) is 7.95. The maximum atomic E-state index is 14.8. The van der Waals surface area contributed by atoms with Crippen molar-refractivity contribution in [1.82, 2.24) is 30.2 Å². The summed E-state index contributed by atoms with van der Waals surface area (Å²) in [4.78, 5) is 58.9. The van der Waals surface area contributed by atoms with Crippen molar-refractivity contribution < 1.29 is 36.7 Å². The second-order valence-corrected chi connectivity index (χ2v) is 21.5. The average molecular weight is 1010 g/mol. The van der Waals surface area contributed by atoms with Crippen LogP contribution in [0.5, 0.6) is 0 Å². The van der Waals surface area contributed by atoms with Gasteiger partial charge < -0.3 is 30.2 Å². The molecule has 2 heterocycles. The first-order valence-electron chi connectivity index (χ1n) is 26.4. The van der Waals surface area contributed by atoms with Gasteiger partial charge in [-0.25, -0.2) is 17.6 Å². The molecule has 14 heteroatoms. The zero-order valence-electron chi connectivity index (χ0n) is 44.0. The SMILES string of the molecule is CC(=O)N[C@@H](C)c1ccccc1C1CCN(C(=O)[C@@H]2C[C@H](N(C)C)CC2c2ccc(F)cc2F)CC1.CC[C@H](NC(C)=O)c1ccccc1C1CCN(C(=O)[C@@H]2C[C@H](N(C)C)CC2c2ccc(F)cc2F)CC1. The lowest BCUT2D eigenvalue weighted by Gasteiger charge is -2.36. The highest BCUT2D eigenvalue weighted by molar-refractivity contribution is 5.81. The van der Waals surface area contributed by atoms with Crippen LogP contribution in [-0.4, -0.2) is 110 Å². The molecule has 4 fully saturated rings. The first-order valence-corrected chi connectivity index (χ1v) is 26.4. The summed E-state index contributed by atoms with van der Waals surface area (Å²) in [5.41, 5.74) is 5.63. The summed E-state index contributed by atoms with van der Waals surface area (Å²) in [5, 5.41) is 6.05. The van der Waals surface area contributed by atoms with Crippen molar-refractivity contribution >= 4 is 23.6 Å². The Bertz CT molecular complexity index is 2560. The van der Waals surface area contributed by atoms with Gasteiger partial charge in [-0.3, -0.25) is 19.2 Å². The summed E-state index contributed by atoms with van der Waals surface area (Å²) in [6, 6.07) is 24.2. The Hall–Kier alpha value is -5.60. The fourth-order valence-electron chi connectivity index (χ4n) is 12.5. The van der Waals surface area contributed by atoms with E-state index in [1.54, 1.807) is 6.92 Å². The highest BCUT2D eigenvalue weighted by Crippen LogP contribution is 2.46. The van der Waals surface area contributed by atoms with Crippen LogP contribution >= 0.6 is 0 Å². The number of piperidine rings is 2. The largest absolute Gasteiger partial charge is 0.350 e. The highest BCUT2D eigenvalue weighted by atomic mass is 19.1. The van der Waals surface area contributed by atoms with E-state index in [1.165, 1.54) is 42.3 Å². The van der Waals surface area contributed by atoms with Gasteiger partial charge in [0.1, 0.15) is 23.3 Å². The minimum Gasteiger partial charge on any atom is -0.350 e. The smallest absolute Gasteiger partial charge is 0.226 e. The van der Waals surface area contributed by atoms with Gasteiger partial charge in [0.05, 0.1) is 12.1 Å². The molecule has 4 aromatic carbocycles. The Labute approximate surface area is 430 Å². The van der Waals surface area contributed by atoms with E-state index in [0.29, 0.717) is 74.8 Å². The molecule has 2 saturated carbocycles. The molecule has 2 saturated heterocycles. The Balaban J connectivity index is 0.000000214. The zero-order chi connectivity index (χ0) is 52.7. The van der Waals surface area contributed by atoms with Crippen molar-refractivity contribution in [3.8, 4) is 0 Å². The standard InChI is InChI=1S/C30H39F2N3O2.C29H37F2N3O2/c1-5-29(33-19(2)36)25-9-7-6-8-23(25)20-12-14-35(15-13-20)30(37)27-18-22(34(3)4)17-26(27)24-11-10-21(31)16-28(24)32;1-18(32-19(2)35)23-7-5-6-8-24(23)20-11-13-34(14-12-20)29(36)27-17-22(33(3)4)16-26(27)25-10-9-21(30)15-28(25)31/h6-11,16,20,22,26-27,29H,5,12-15,17-18H2,1-4H3,(H,33,36);5-10,15,18,20,22,26-27H,11-14,16-17H2,1-4H3,(H,32,35)/t22-,26?,27-,29+;18-,22+,26?,27+/m10/s1. The van der Waals surface area contributed by atoms with Crippen LogP contribution in [0.1, 0.15) is 155 Å². The maximum absolute atomic E-state index is 14.8. The van der Waals surface area contributed by atoms with Gasteiger partial charge >= 0.3 is 0 Å². The monoisotopic (exact) mass is 1010 g/mol. The van der Waals surface area contributed by atoms with Crippen LogP contribution in [0.15, 0.2) is 84.9 Å². The molecule has 0 radical (unpaired) electrons. The van der Waals surface area contributed by atoms with Crippen molar-refractivity contribution in [1.29, 1.82) is 0 Å². The fourth-order valence-corrected chi connectivity index (χ4v) is 12.5. The van der Waals surface area contributed by atoms with Crippen molar-refractivity contribution in [2.24, 2.45) is 11.8 Å². The van der Waals surface area contributed by atoms with E-state index in [0.717, 1.165) is 55.4 Å². The third-order valence-electron chi connectivity index (χ3n) is 16.4. The summed E-state index contributed by atoms with van der Waals surface area (Å²) in [6.07, 6.45) is 6.88. The van der Waals surface area contributed by atoms with Crippen molar-refractivity contribution in [2.75, 3.05) is 54.4 Å². The Morgan fingerprint density at radius 2 is 0.959 bits per heavy atom. The van der Waals surface area contributed by atoms with E-state index in [4.69, 9.17) is 0 Å². The molecule has 4 amide bonds. The third-order valence-corrected chi connectivity index (χ3v) is 16.4. The van der Waals surface area contributed by atoms with Crippen LogP contribution < -0.4 is 10.6 Å². The third kappa shape index (κ3) is 13.2. The number of amides is 4. The second-order valence-electron chi connectivity index (χ2n) is 21.5. The van der Waals surface area contributed by atoms with E-state index >= 15 is 0 Å². The molecule has 73 heavy (non-hydrogen) atoms. The molecule has 4 aliphatic rings. The van der Waals surface area contributed by atoms with E-state index < -0.39 is 23.3 Å². The van der Waals surface area contributed by atoms with Gasteiger partial charge in [-0.1, -0.05) is 67.6 Å². The molecule has 2 N–H and O–H groups in total. The maximum Gasteiger partial charge on any atom is 0.226 e. The van der Waals surface area contributed by atoms with Crippen LogP contribution in [0.25, 0.3) is 0 Å². The summed E-state index contributed by atoms with van der Waals surface area (Å²) < 4.78 is 56.6. The summed E-state index contributed by atoms with van der Waals surface area (Å²) in [5.74, 6) is -2.82. The molecule has 2 aliphatic heterocycles. The van der Waals surface area contributed by atoms with Gasteiger partial charge in [-0.15, -0.1) is 0 Å². The lowest BCUT2D eigenvalue weighted by molar-refractivity contribution is -0.137. The van der Waals surface area contributed by atoms with Gasteiger partial charge in [-0.05, 0) is 162 Å². The van der Waals surface area contributed by atoms with Gasteiger partial charge in [0.2, 0.25) is 23.6 Å². The van der Waals surface area contributed by atoms with Crippen LogP contribution in [0, 0.1) is 35.1 Å². The fraction of sp³-hybridized carbons (Fsp3) is 0.525. The number of hydrogen-bond donors (Lipinski definition) is 2. The minimum atomic E-state index is -0.601. The summed E-state index contributed by atoms with van der Waals surface area (Å²) >= 11 is 0. The molecule has 394 valence electrons. The van der Waals surface area contributed by atoms with Gasteiger partial charge in [-0.2, -0.15) is 0 Å². The van der Waals surface area contributed by atoms with Crippen LogP contribution in [0.3, 0.4) is 0 Å². The average Bonchev–Trinajstić information content (AvgIpc) is 4.02. The number of nitrogens with one attached hydrogen (secondary N) is 2. The molecule has 8 rings (SSSR count). The lowest BCUT2D eigenvalue weighted by atomic mass is 9.83. The molecule has 4 aromatic rings. The quantitative estimate of drug-likeness (QED) is 0.129. The first-order chi connectivity index (χ1) is 34.8. The Morgan fingerprint density at radius 1 is 0.562 bits per heavy atom. The first kappa shape index (κ1) is 55.2. The van der Waals surface area contributed by atoms with Crippen molar-refractivity contribution in [3.63, 3.8) is 0 Å². The number of carbonyl (C=O) groups excluding carboxylic acids is 4. The number of rotatable bonds is 13. The number of carbonyl (C=O) groups is 4. The van der Waals surface area contributed by atoms with Crippen molar-refractivity contribution in [3.05, 3.63) is 142 Å². The Morgan fingerprint density at radius 3 is 1.34 bits per heavy atom. The highest BCUT2D eigenvalue weighted by Gasteiger charge is 2.45. The van der Waals surface area contributed by atoms with Crippen LogP contribution in [0.2, 0.25) is 0 Å². The molecule has 8 atom stereocenters. The van der Waals surface area contributed by atoms with Crippen LogP contribution in [-0.2, 0) is 19.2 Å². The minimum absolute atomic E-state index is 0.0267. The predicted molar refractivity (Wildman–Crippen MR) is 278 cm³/mol. The predicted octanol–water partition coefficient (Wildman–Crippen LogP) is 10.4. The van der Waals surface area contributed by atoms with E-state index in [-0.39, 0.29) is 71.5 Å².